The maximum atomic E-state index is 13.4. The normalized spacial score (nSPS) is 12.6. The number of carbonyl (C=O) groups is 2. The minimum absolute atomic E-state index is 0.207. The van der Waals surface area contributed by atoms with Crippen LogP contribution in [0.25, 0.3) is 11.1 Å². The molecular weight excluding hydrogens is 509 g/mol. The molecule has 3 rings (SSSR count). The first kappa shape index (κ1) is 26.9. The van der Waals surface area contributed by atoms with Gasteiger partial charge in [0.15, 0.2) is 5.82 Å². The second-order valence-corrected chi connectivity index (χ2v) is 7.98. The number of benzene rings is 2. The van der Waals surface area contributed by atoms with Crippen molar-refractivity contribution in [3.8, 4) is 11.1 Å². The smallest absolute Gasteiger partial charge is 0.463 e. The maximum absolute atomic E-state index is 13.4. The molecule has 6 nitrogen and oxygen atoms in total. The van der Waals surface area contributed by atoms with Crippen molar-refractivity contribution in [3.63, 3.8) is 0 Å². The van der Waals surface area contributed by atoms with Crippen LogP contribution in [-0.2, 0) is 9.53 Å². The van der Waals surface area contributed by atoms with Gasteiger partial charge in [-0.25, -0.2) is 9.78 Å². The van der Waals surface area contributed by atoms with E-state index >= 15 is 0 Å². The molecule has 0 bridgehead atoms. The molecule has 0 saturated heterocycles. The van der Waals surface area contributed by atoms with E-state index in [1.807, 2.05) is 0 Å². The van der Waals surface area contributed by atoms with Gasteiger partial charge in [0.1, 0.15) is 5.69 Å². The lowest BCUT2D eigenvalue weighted by Gasteiger charge is -2.22. The third-order valence-electron chi connectivity index (χ3n) is 5.19. The first-order valence-electron chi connectivity index (χ1n) is 10.3. The molecule has 0 spiro atoms. The quantitative estimate of drug-likeness (QED) is 0.271. The van der Waals surface area contributed by atoms with E-state index in [0.717, 1.165) is 11.6 Å². The van der Waals surface area contributed by atoms with E-state index in [1.165, 1.54) is 18.6 Å². The highest BCUT2D eigenvalue weighted by Gasteiger charge is 2.63. The summed E-state index contributed by atoms with van der Waals surface area (Å²) >= 11 is 5.95. The Kier molecular flexibility index (Phi) is 7.83. The lowest BCUT2D eigenvalue weighted by molar-refractivity contribution is -0.267. The van der Waals surface area contributed by atoms with Crippen LogP contribution >= 0.6 is 11.6 Å². The van der Waals surface area contributed by atoms with Crippen molar-refractivity contribution < 1.29 is 36.3 Å². The predicted octanol–water partition coefficient (Wildman–Crippen LogP) is 6.50. The first-order chi connectivity index (χ1) is 16.9. The second kappa shape index (κ2) is 10.5. The Hall–Kier alpha value is -3.73. The molecular formula is C24H19ClF5N3O3. The summed E-state index contributed by atoms with van der Waals surface area (Å²) in [5, 5.41) is 4.09. The Morgan fingerprint density at radius 1 is 1.00 bits per heavy atom. The van der Waals surface area contributed by atoms with Crippen molar-refractivity contribution in [2.75, 3.05) is 17.7 Å². The van der Waals surface area contributed by atoms with E-state index in [9.17, 15) is 31.5 Å². The number of methoxy groups -OCH3 is 1. The van der Waals surface area contributed by atoms with E-state index in [0.29, 0.717) is 16.7 Å². The van der Waals surface area contributed by atoms with Gasteiger partial charge in [0.25, 0.3) is 0 Å². The molecule has 2 N–H and O–H groups in total. The molecule has 1 atom stereocenters. The molecule has 0 aliphatic rings. The van der Waals surface area contributed by atoms with Crippen molar-refractivity contribution in [1.82, 2.24) is 4.98 Å². The number of rotatable bonds is 7. The fourth-order valence-corrected chi connectivity index (χ4v) is 3.44. The molecule has 0 aliphatic carbocycles. The van der Waals surface area contributed by atoms with Gasteiger partial charge in [-0.1, -0.05) is 54.1 Å². The van der Waals surface area contributed by atoms with Gasteiger partial charge in [-0.05, 0) is 35.7 Å². The summed E-state index contributed by atoms with van der Waals surface area (Å²) in [6.07, 6.45) is -4.89. The predicted molar refractivity (Wildman–Crippen MR) is 124 cm³/mol. The summed E-state index contributed by atoms with van der Waals surface area (Å²) in [6.45, 7) is 1.68. The molecule has 0 radical (unpaired) electrons. The Balaban J connectivity index is 1.84. The summed E-state index contributed by atoms with van der Waals surface area (Å²) in [4.78, 5) is 27.7. The van der Waals surface area contributed by atoms with Crippen LogP contribution in [0.15, 0.2) is 60.8 Å². The highest BCUT2D eigenvalue weighted by atomic mass is 35.5. The molecule has 0 aliphatic heterocycles. The highest BCUT2D eigenvalue weighted by molar-refractivity contribution is 6.34. The van der Waals surface area contributed by atoms with Gasteiger partial charge in [0.2, 0.25) is 0 Å². The minimum atomic E-state index is -6.08. The van der Waals surface area contributed by atoms with Crippen LogP contribution in [0.3, 0.4) is 0 Å². The van der Waals surface area contributed by atoms with Gasteiger partial charge < -0.3 is 15.4 Å². The van der Waals surface area contributed by atoms with E-state index in [4.69, 9.17) is 16.3 Å². The molecule has 2 aromatic carbocycles. The van der Waals surface area contributed by atoms with Gasteiger partial charge in [-0.2, -0.15) is 22.0 Å². The van der Waals surface area contributed by atoms with E-state index in [1.54, 1.807) is 55.5 Å². The number of anilines is 2. The second-order valence-electron chi connectivity index (χ2n) is 7.57. The molecule has 1 heterocycles. The number of ether oxygens (including phenoxy) is 1. The van der Waals surface area contributed by atoms with Crippen LogP contribution in [-0.4, -0.2) is 36.1 Å². The van der Waals surface area contributed by atoms with Crippen molar-refractivity contribution in [2.24, 2.45) is 0 Å². The third-order valence-corrected chi connectivity index (χ3v) is 5.50. The number of nitrogens with zero attached hydrogens (tertiary/aromatic N) is 1. The SMILES string of the molecule is COC(=O)c1ccccc1-c1ccc(C(C)Nc2nccc(Cl)c2NC(=O)C(F)(F)C(F)(F)F)cc1. The maximum Gasteiger partial charge on any atom is 0.463 e. The summed E-state index contributed by atoms with van der Waals surface area (Å²) in [6, 6.07) is 14.4. The summed E-state index contributed by atoms with van der Waals surface area (Å²) in [5.41, 5.74) is 1.88. The number of hydrogen-bond donors (Lipinski definition) is 2. The number of pyridine rings is 1. The van der Waals surface area contributed by atoms with Crippen molar-refractivity contribution >= 4 is 35.0 Å². The highest BCUT2D eigenvalue weighted by Crippen LogP contribution is 2.38. The van der Waals surface area contributed by atoms with Crippen LogP contribution in [0.4, 0.5) is 33.5 Å². The van der Waals surface area contributed by atoms with Crippen molar-refractivity contribution in [2.45, 2.75) is 25.1 Å². The fourth-order valence-electron chi connectivity index (χ4n) is 3.25. The van der Waals surface area contributed by atoms with Gasteiger partial charge in [-0.15, -0.1) is 0 Å². The van der Waals surface area contributed by atoms with Gasteiger partial charge in [0, 0.05) is 6.20 Å². The van der Waals surface area contributed by atoms with Crippen LogP contribution in [0.2, 0.25) is 5.02 Å². The number of amides is 1. The molecule has 0 fully saturated rings. The van der Waals surface area contributed by atoms with Crippen LogP contribution in [0.5, 0.6) is 0 Å². The number of alkyl halides is 5. The number of carbonyl (C=O) groups excluding carboxylic acids is 2. The number of halogens is 6. The molecule has 3 aromatic rings. The summed E-state index contributed by atoms with van der Waals surface area (Å²) in [5.74, 6) is -8.93. The Morgan fingerprint density at radius 3 is 2.25 bits per heavy atom. The number of aromatic nitrogens is 1. The van der Waals surface area contributed by atoms with Crippen molar-refractivity contribution in [3.05, 3.63) is 76.9 Å². The van der Waals surface area contributed by atoms with Gasteiger partial charge in [0.05, 0.1) is 23.7 Å². The molecule has 12 heteroatoms. The molecule has 1 unspecified atom stereocenters. The average Bonchev–Trinajstić information content (AvgIpc) is 2.84. The van der Waals surface area contributed by atoms with E-state index in [2.05, 4.69) is 10.3 Å². The largest absolute Gasteiger partial charge is 0.465 e. The van der Waals surface area contributed by atoms with Crippen LogP contribution < -0.4 is 10.6 Å². The first-order valence-corrected chi connectivity index (χ1v) is 10.7. The van der Waals surface area contributed by atoms with Gasteiger partial charge in [-0.3, -0.25) is 4.79 Å². The van der Waals surface area contributed by atoms with Crippen LogP contribution in [0.1, 0.15) is 28.9 Å². The lowest BCUT2D eigenvalue weighted by Crippen LogP contribution is -2.47. The molecule has 190 valence electrons. The van der Waals surface area contributed by atoms with Crippen LogP contribution in [0, 0.1) is 0 Å². The van der Waals surface area contributed by atoms with Crippen molar-refractivity contribution in [1.29, 1.82) is 0 Å². The zero-order valence-electron chi connectivity index (χ0n) is 18.8. The molecule has 1 aromatic heterocycles. The zero-order valence-corrected chi connectivity index (χ0v) is 19.5. The van der Waals surface area contributed by atoms with E-state index < -0.39 is 35.7 Å². The van der Waals surface area contributed by atoms with E-state index in [-0.39, 0.29) is 10.8 Å². The van der Waals surface area contributed by atoms with Gasteiger partial charge >= 0.3 is 24.0 Å². The monoisotopic (exact) mass is 527 g/mol. The molecule has 1 amide bonds. The topological polar surface area (TPSA) is 80.3 Å². The molecule has 36 heavy (non-hydrogen) atoms. The summed E-state index contributed by atoms with van der Waals surface area (Å²) < 4.78 is 69.4. The zero-order chi connectivity index (χ0) is 26.7. The Labute approximate surface area is 207 Å². The lowest BCUT2D eigenvalue weighted by atomic mass is 9.97. The number of nitrogens with one attached hydrogen (secondary N) is 2. The average molecular weight is 528 g/mol. The number of hydrogen-bond acceptors (Lipinski definition) is 5. The number of esters is 1. The Bertz CT molecular complexity index is 1270. The fraction of sp³-hybridized carbons (Fsp3) is 0.208. The standard InChI is InChI=1S/C24H19ClF5N3O3/c1-13(14-7-9-15(10-8-14)16-5-3-4-6-17(16)21(34)36-2)32-20-19(18(25)11-12-31-20)33-22(35)23(26,27)24(28,29)30/h3-13H,1-2H3,(H,31,32)(H,33,35). The summed E-state index contributed by atoms with van der Waals surface area (Å²) in [7, 11) is 1.28. The minimum Gasteiger partial charge on any atom is -0.465 e. The Morgan fingerprint density at radius 2 is 1.64 bits per heavy atom. The molecule has 0 saturated carbocycles. The third kappa shape index (κ3) is 5.56.